The molecule has 39 heavy (non-hydrogen) atoms. The Balaban J connectivity index is 1.49. The Hall–Kier alpha value is -3.24. The van der Waals surface area contributed by atoms with Crippen molar-refractivity contribution >= 4 is 37.7 Å². The molecule has 0 bridgehead atoms. The fourth-order valence-electron chi connectivity index (χ4n) is 4.23. The number of nitrogens with zero attached hydrogens (tertiary/aromatic N) is 4. The maximum Gasteiger partial charge on any atom is 0.243 e. The van der Waals surface area contributed by atoms with Gasteiger partial charge in [-0.3, -0.25) is 4.57 Å². The Labute approximate surface area is 241 Å². The van der Waals surface area contributed by atoms with Gasteiger partial charge < -0.3 is 0 Å². The first-order chi connectivity index (χ1) is 19.0. The summed E-state index contributed by atoms with van der Waals surface area (Å²) in [4.78, 5) is 0.232. The summed E-state index contributed by atoms with van der Waals surface area (Å²) < 4.78 is 32.3. The quantitative estimate of drug-likeness (QED) is 0.155. The molecule has 4 aromatic carbocycles. The predicted octanol–water partition coefficient (Wildman–Crippen LogP) is 7.20. The second-order valence-corrected chi connectivity index (χ2v) is 12.9. The number of sulfonamides is 1. The zero-order valence-corrected chi connectivity index (χ0v) is 24.5. The molecule has 0 saturated carbocycles. The van der Waals surface area contributed by atoms with Crippen molar-refractivity contribution in [2.24, 2.45) is 0 Å². The average molecular weight is 620 g/mol. The van der Waals surface area contributed by atoms with Gasteiger partial charge >= 0.3 is 0 Å². The third kappa shape index (κ3) is 6.33. The van der Waals surface area contributed by atoms with E-state index in [9.17, 15) is 8.42 Å². The highest BCUT2D eigenvalue weighted by Crippen LogP contribution is 2.30. The van der Waals surface area contributed by atoms with Crippen LogP contribution in [0.2, 0.25) is 0 Å². The van der Waals surface area contributed by atoms with Crippen LogP contribution in [-0.4, -0.2) is 33.2 Å². The van der Waals surface area contributed by atoms with Crippen LogP contribution < -0.4 is 0 Å². The van der Waals surface area contributed by atoms with Gasteiger partial charge in [-0.1, -0.05) is 95.3 Å². The number of halogens is 1. The standard InChI is InChI=1S/C30H27BrN4O2S2/c1-2-38-30-33-32-29(35(30)27-17-15-26(31)16-18-27)25-13-19-28(20-14-25)39(36,37)34(21-23-9-5-3-6-10-23)22-24-11-7-4-8-12-24/h3-20H,2,21-22H2,1H3. The highest BCUT2D eigenvalue weighted by Gasteiger charge is 2.26. The van der Waals surface area contributed by atoms with Gasteiger partial charge in [-0.15, -0.1) is 10.2 Å². The van der Waals surface area contributed by atoms with Crippen molar-refractivity contribution < 1.29 is 8.42 Å². The highest BCUT2D eigenvalue weighted by molar-refractivity contribution is 9.10. The molecular formula is C30H27BrN4O2S2. The molecule has 0 atom stereocenters. The van der Waals surface area contributed by atoms with E-state index in [0.717, 1.165) is 37.8 Å². The number of thioether (sulfide) groups is 1. The van der Waals surface area contributed by atoms with Gasteiger partial charge in [0.15, 0.2) is 11.0 Å². The van der Waals surface area contributed by atoms with E-state index in [1.807, 2.05) is 89.5 Å². The van der Waals surface area contributed by atoms with Gasteiger partial charge in [-0.05, 0) is 65.4 Å². The van der Waals surface area contributed by atoms with Crippen molar-refractivity contribution in [3.63, 3.8) is 0 Å². The summed E-state index contributed by atoms with van der Waals surface area (Å²) in [6, 6.07) is 34.2. The van der Waals surface area contributed by atoms with Gasteiger partial charge in [0.2, 0.25) is 10.0 Å². The van der Waals surface area contributed by atoms with Crippen molar-refractivity contribution in [1.29, 1.82) is 0 Å². The molecule has 0 aliphatic heterocycles. The number of aromatic nitrogens is 3. The third-order valence-electron chi connectivity index (χ3n) is 6.15. The van der Waals surface area contributed by atoms with Crippen molar-refractivity contribution in [1.82, 2.24) is 19.1 Å². The molecule has 1 heterocycles. The molecule has 1 aromatic heterocycles. The van der Waals surface area contributed by atoms with Crippen LogP contribution >= 0.6 is 27.7 Å². The van der Waals surface area contributed by atoms with E-state index in [1.54, 1.807) is 36.0 Å². The minimum absolute atomic E-state index is 0.232. The Bertz CT molecular complexity index is 1580. The van der Waals surface area contributed by atoms with E-state index in [0.29, 0.717) is 5.82 Å². The molecule has 0 fully saturated rings. The summed E-state index contributed by atoms with van der Waals surface area (Å²) >= 11 is 5.10. The monoisotopic (exact) mass is 618 g/mol. The summed E-state index contributed by atoms with van der Waals surface area (Å²) in [5.41, 5.74) is 3.57. The Morgan fingerprint density at radius 2 is 1.33 bits per heavy atom. The second-order valence-electron chi connectivity index (χ2n) is 8.82. The highest BCUT2D eigenvalue weighted by atomic mass is 79.9. The van der Waals surface area contributed by atoms with E-state index < -0.39 is 10.0 Å². The van der Waals surface area contributed by atoms with Crippen LogP contribution in [0.3, 0.4) is 0 Å². The Kier molecular flexibility index (Phi) is 8.62. The smallest absolute Gasteiger partial charge is 0.243 e. The number of hydrogen-bond acceptors (Lipinski definition) is 5. The van der Waals surface area contributed by atoms with Gasteiger partial charge in [0.25, 0.3) is 0 Å². The number of benzene rings is 4. The zero-order valence-electron chi connectivity index (χ0n) is 21.3. The minimum Gasteiger partial charge on any atom is -0.270 e. The summed E-state index contributed by atoms with van der Waals surface area (Å²) in [5, 5.41) is 9.66. The molecule has 0 aliphatic carbocycles. The zero-order chi connectivity index (χ0) is 27.2. The lowest BCUT2D eigenvalue weighted by Gasteiger charge is -2.23. The molecule has 0 saturated heterocycles. The second kappa shape index (κ2) is 12.3. The fourth-order valence-corrected chi connectivity index (χ4v) is 6.59. The van der Waals surface area contributed by atoms with Crippen molar-refractivity contribution in [3.8, 4) is 17.1 Å². The molecule has 0 N–H and O–H groups in total. The molecule has 0 amide bonds. The molecule has 0 unspecified atom stereocenters. The maximum absolute atomic E-state index is 13.9. The van der Waals surface area contributed by atoms with E-state index in [4.69, 9.17) is 0 Å². The largest absolute Gasteiger partial charge is 0.270 e. The molecular weight excluding hydrogens is 592 g/mol. The average Bonchev–Trinajstić information content (AvgIpc) is 3.38. The van der Waals surface area contributed by atoms with Crippen molar-refractivity contribution in [2.75, 3.05) is 5.75 Å². The lowest BCUT2D eigenvalue weighted by molar-refractivity contribution is 0.401. The van der Waals surface area contributed by atoms with Gasteiger partial charge in [-0.25, -0.2) is 8.42 Å². The van der Waals surface area contributed by atoms with Crippen LogP contribution in [0.4, 0.5) is 0 Å². The molecule has 0 spiro atoms. The minimum atomic E-state index is -3.79. The van der Waals surface area contributed by atoms with Gasteiger partial charge in [0.05, 0.1) is 4.90 Å². The summed E-state index contributed by atoms with van der Waals surface area (Å²) in [6.45, 7) is 2.62. The van der Waals surface area contributed by atoms with Crippen molar-refractivity contribution in [3.05, 3.63) is 125 Å². The van der Waals surface area contributed by atoms with E-state index in [-0.39, 0.29) is 18.0 Å². The van der Waals surface area contributed by atoms with E-state index in [1.165, 1.54) is 4.31 Å². The van der Waals surface area contributed by atoms with Crippen molar-refractivity contribution in [2.45, 2.75) is 30.1 Å². The van der Waals surface area contributed by atoms with E-state index in [2.05, 4.69) is 33.1 Å². The SMILES string of the molecule is CCSc1nnc(-c2ccc(S(=O)(=O)N(Cc3ccccc3)Cc3ccccc3)cc2)n1-c1ccc(Br)cc1. The summed E-state index contributed by atoms with van der Waals surface area (Å²) in [7, 11) is -3.79. The number of hydrogen-bond donors (Lipinski definition) is 0. The molecule has 198 valence electrons. The van der Waals surface area contributed by atoms with Gasteiger partial charge in [-0.2, -0.15) is 4.31 Å². The van der Waals surface area contributed by atoms with Crippen LogP contribution in [0, 0.1) is 0 Å². The maximum atomic E-state index is 13.9. The topological polar surface area (TPSA) is 68.1 Å². The molecule has 0 aliphatic rings. The summed E-state index contributed by atoms with van der Waals surface area (Å²) in [5.74, 6) is 1.51. The predicted molar refractivity (Wildman–Crippen MR) is 160 cm³/mol. The first-order valence-electron chi connectivity index (χ1n) is 12.5. The lowest BCUT2D eigenvalue weighted by Crippen LogP contribution is -2.30. The van der Waals surface area contributed by atoms with Gasteiger partial charge in [0, 0.05) is 28.8 Å². The molecule has 5 rings (SSSR count). The van der Waals surface area contributed by atoms with Crippen LogP contribution in [0.15, 0.2) is 124 Å². The first kappa shape index (κ1) is 27.3. The Morgan fingerprint density at radius 1 is 0.769 bits per heavy atom. The third-order valence-corrected chi connectivity index (χ3v) is 9.29. The molecule has 9 heteroatoms. The van der Waals surface area contributed by atoms with Crippen LogP contribution in [-0.2, 0) is 23.1 Å². The fraction of sp³-hybridized carbons (Fsp3) is 0.133. The summed E-state index contributed by atoms with van der Waals surface area (Å²) in [6.07, 6.45) is 0. The molecule has 0 radical (unpaired) electrons. The number of rotatable bonds is 10. The van der Waals surface area contributed by atoms with Gasteiger partial charge in [0.1, 0.15) is 0 Å². The lowest BCUT2D eigenvalue weighted by atomic mass is 10.2. The van der Waals surface area contributed by atoms with E-state index >= 15 is 0 Å². The molecule has 5 aromatic rings. The van der Waals surface area contributed by atoms with Crippen LogP contribution in [0.1, 0.15) is 18.1 Å². The first-order valence-corrected chi connectivity index (χ1v) is 15.7. The Morgan fingerprint density at radius 3 is 1.87 bits per heavy atom. The normalized spacial score (nSPS) is 11.7. The van der Waals surface area contributed by atoms with Crippen LogP contribution in [0.5, 0.6) is 0 Å². The van der Waals surface area contributed by atoms with Crippen LogP contribution in [0.25, 0.3) is 17.1 Å². The molecule has 6 nitrogen and oxygen atoms in total.